The normalized spacial score (nSPS) is 10.0. The predicted octanol–water partition coefficient (Wildman–Crippen LogP) is 0.555. The average Bonchev–Trinajstić information content (AvgIpc) is 0.722. The van der Waals surface area contributed by atoms with Gasteiger partial charge in [0, 0.05) is 21.1 Å². The molecule has 0 aliphatic carbocycles. The fourth-order valence-corrected chi connectivity index (χ4v) is 0. The van der Waals surface area contributed by atoms with Crippen LogP contribution in [-0.4, -0.2) is 5.54 Å². The topological polar surface area (TPSA) is 26.0 Å². The van der Waals surface area contributed by atoms with Gasteiger partial charge in [0.05, 0.1) is 0 Å². The van der Waals surface area contributed by atoms with Crippen molar-refractivity contribution in [3.05, 3.63) is 6.92 Å². The van der Waals surface area contributed by atoms with E-state index in [1.807, 2.05) is 13.8 Å². The van der Waals surface area contributed by atoms with Crippen molar-refractivity contribution in [2.75, 3.05) is 0 Å². The Balaban J connectivity index is 0. The van der Waals surface area contributed by atoms with Crippen LogP contribution >= 0.6 is 0 Å². The molecule has 0 amide bonds. The third-order valence-electron chi connectivity index (χ3n) is 0. The Hall–Kier alpha value is 0.648. The zero-order valence-electron chi connectivity index (χ0n) is 4.19. The molecule has 0 aliphatic heterocycles. The molecular weight excluding hydrogens is 246 g/mol. The van der Waals surface area contributed by atoms with Gasteiger partial charge in [-0.15, -0.1) is 5.54 Å². The second-order valence-electron chi connectivity index (χ2n) is 1.99. The Morgan fingerprint density at radius 2 is 1.50 bits per heavy atom. The maximum absolute atomic E-state index is 5.24. The summed E-state index contributed by atoms with van der Waals surface area (Å²) in [7, 11) is 0. The van der Waals surface area contributed by atoms with E-state index in [4.69, 9.17) is 5.73 Å². The molecule has 0 spiro atoms. The first-order valence-corrected chi connectivity index (χ1v) is 1.64. The molecule has 0 saturated carbocycles. The van der Waals surface area contributed by atoms with Crippen molar-refractivity contribution < 1.29 is 21.1 Å². The van der Waals surface area contributed by atoms with Gasteiger partial charge < -0.3 is 12.7 Å². The number of hydrogen-bond acceptors (Lipinski definition) is 1. The fourth-order valence-electron chi connectivity index (χ4n) is 0. The first-order valence-electron chi connectivity index (χ1n) is 1.64. The van der Waals surface area contributed by atoms with Gasteiger partial charge in [-0.05, 0) is 0 Å². The van der Waals surface area contributed by atoms with Crippen LogP contribution in [0.25, 0.3) is 0 Å². The van der Waals surface area contributed by atoms with E-state index in [9.17, 15) is 0 Å². The molecule has 0 rings (SSSR count). The molecule has 0 atom stereocenters. The summed E-state index contributed by atoms with van der Waals surface area (Å²) < 4.78 is 0. The van der Waals surface area contributed by atoms with E-state index in [1.165, 1.54) is 0 Å². The van der Waals surface area contributed by atoms with Crippen molar-refractivity contribution in [2.24, 2.45) is 5.73 Å². The second kappa shape index (κ2) is 2.76. The van der Waals surface area contributed by atoms with Crippen LogP contribution in [0.3, 0.4) is 0 Å². The molecule has 0 radical (unpaired) electrons. The van der Waals surface area contributed by atoms with Crippen molar-refractivity contribution >= 4 is 0 Å². The monoisotopic (exact) mass is 256 g/mol. The maximum atomic E-state index is 5.24. The van der Waals surface area contributed by atoms with Crippen molar-refractivity contribution in [1.82, 2.24) is 0 Å². The fraction of sp³-hybridized carbons (Fsp3) is 0.750. The molecule has 0 aromatic carbocycles. The van der Waals surface area contributed by atoms with Crippen LogP contribution in [0.2, 0.25) is 0 Å². The second-order valence-corrected chi connectivity index (χ2v) is 1.99. The molecule has 38 valence electrons. The van der Waals surface area contributed by atoms with Crippen LogP contribution in [0.1, 0.15) is 13.8 Å². The summed E-state index contributed by atoms with van der Waals surface area (Å²) in [6.07, 6.45) is 0. The summed E-state index contributed by atoms with van der Waals surface area (Å²) >= 11 is 0. The number of nitrogens with two attached hydrogens (primary N) is 1. The maximum Gasteiger partial charge on any atom is 0 e. The van der Waals surface area contributed by atoms with Gasteiger partial charge in [-0.25, -0.2) is 0 Å². The SMILES string of the molecule is [CH2-]C(C)(C)N.[W]. The van der Waals surface area contributed by atoms with Crippen LogP contribution in [0.15, 0.2) is 0 Å². The average molecular weight is 256 g/mol. The van der Waals surface area contributed by atoms with Gasteiger partial charge in [0.2, 0.25) is 0 Å². The molecule has 0 aromatic heterocycles. The van der Waals surface area contributed by atoms with Gasteiger partial charge in [0.1, 0.15) is 0 Å². The van der Waals surface area contributed by atoms with Crippen LogP contribution < -0.4 is 5.73 Å². The Morgan fingerprint density at radius 3 is 1.50 bits per heavy atom. The summed E-state index contributed by atoms with van der Waals surface area (Å²) in [5.74, 6) is 0. The third-order valence-corrected chi connectivity index (χ3v) is 0. The van der Waals surface area contributed by atoms with Crippen molar-refractivity contribution in [3.8, 4) is 0 Å². The van der Waals surface area contributed by atoms with E-state index >= 15 is 0 Å². The summed E-state index contributed by atoms with van der Waals surface area (Å²) in [4.78, 5) is 0. The van der Waals surface area contributed by atoms with Crippen LogP contribution in [0.5, 0.6) is 0 Å². The smallest absolute Gasteiger partial charge is 0 e. The first kappa shape index (κ1) is 9.82. The number of rotatable bonds is 0. The molecule has 2 heteroatoms. The molecule has 0 heterocycles. The summed E-state index contributed by atoms with van der Waals surface area (Å²) in [5, 5.41) is 0. The van der Waals surface area contributed by atoms with E-state index in [0.29, 0.717) is 0 Å². The zero-order chi connectivity index (χ0) is 4.50. The third kappa shape index (κ3) is 147. The molecular formula is C4H10NW-. The van der Waals surface area contributed by atoms with Gasteiger partial charge in [0.25, 0.3) is 0 Å². The van der Waals surface area contributed by atoms with Crippen molar-refractivity contribution in [2.45, 2.75) is 19.4 Å². The van der Waals surface area contributed by atoms with Crippen LogP contribution in [0, 0.1) is 6.92 Å². The van der Waals surface area contributed by atoms with Crippen LogP contribution in [-0.2, 0) is 21.1 Å². The summed E-state index contributed by atoms with van der Waals surface area (Å²) in [6.45, 7) is 7.26. The number of hydrogen-bond donors (Lipinski definition) is 1. The van der Waals surface area contributed by atoms with E-state index in [2.05, 4.69) is 6.92 Å². The Labute approximate surface area is 53.6 Å². The Kier molecular flexibility index (Phi) is 4.52. The molecule has 2 N–H and O–H groups in total. The molecule has 0 bridgehead atoms. The molecule has 0 unspecified atom stereocenters. The van der Waals surface area contributed by atoms with Crippen molar-refractivity contribution in [3.63, 3.8) is 0 Å². The van der Waals surface area contributed by atoms with Gasteiger partial charge >= 0.3 is 0 Å². The van der Waals surface area contributed by atoms with E-state index in [0.717, 1.165) is 0 Å². The van der Waals surface area contributed by atoms with Gasteiger partial charge in [-0.3, -0.25) is 0 Å². The molecule has 0 aromatic rings. The minimum Gasteiger partial charge on any atom is -0.355 e. The predicted molar refractivity (Wildman–Crippen MR) is 23.6 cm³/mol. The molecule has 0 aliphatic rings. The van der Waals surface area contributed by atoms with E-state index in [-0.39, 0.29) is 26.6 Å². The Bertz CT molecular complexity index is 23.0. The first-order chi connectivity index (χ1) is 2.00. The quantitative estimate of drug-likeness (QED) is 0.629. The van der Waals surface area contributed by atoms with E-state index < -0.39 is 0 Å². The van der Waals surface area contributed by atoms with Gasteiger partial charge in [-0.1, -0.05) is 13.8 Å². The summed E-state index contributed by atoms with van der Waals surface area (Å²) in [5.41, 5.74) is 4.99. The zero-order valence-corrected chi connectivity index (χ0v) is 7.13. The largest absolute Gasteiger partial charge is 0.355 e. The standard InChI is InChI=1S/C4H10N.W/c1-4(2,3)5;/h1,5H2,2-3H3;/q-1;. The van der Waals surface area contributed by atoms with Crippen LogP contribution in [0.4, 0.5) is 0 Å². The molecule has 6 heavy (non-hydrogen) atoms. The van der Waals surface area contributed by atoms with Gasteiger partial charge in [0.15, 0.2) is 0 Å². The summed E-state index contributed by atoms with van der Waals surface area (Å²) in [6, 6.07) is 0. The molecule has 1 nitrogen and oxygen atoms in total. The van der Waals surface area contributed by atoms with Crippen molar-refractivity contribution in [1.29, 1.82) is 0 Å². The minimum atomic E-state index is -0.250. The minimum absolute atomic E-state index is 0. The Morgan fingerprint density at radius 1 is 1.50 bits per heavy atom. The van der Waals surface area contributed by atoms with Gasteiger partial charge in [-0.2, -0.15) is 0 Å². The molecule has 0 saturated heterocycles. The van der Waals surface area contributed by atoms with E-state index in [1.54, 1.807) is 0 Å². The molecule has 0 fully saturated rings.